The summed E-state index contributed by atoms with van der Waals surface area (Å²) in [5.41, 5.74) is 2.55. The van der Waals surface area contributed by atoms with E-state index in [4.69, 9.17) is 16.6 Å². The Bertz CT molecular complexity index is 649. The Morgan fingerprint density at radius 3 is 3.28 bits per heavy atom. The van der Waals surface area contributed by atoms with Crippen molar-refractivity contribution in [2.75, 3.05) is 24.5 Å². The summed E-state index contributed by atoms with van der Waals surface area (Å²) in [6.07, 6.45) is 2.16. The molecule has 0 saturated carbocycles. The van der Waals surface area contributed by atoms with Crippen LogP contribution in [0.2, 0.25) is 5.02 Å². The summed E-state index contributed by atoms with van der Waals surface area (Å²) >= 11 is 7.74. The topological polar surface area (TPSA) is 28.2 Å². The standard InChI is InChI=1S/C13H12ClN3S/c14-10-1-2-11-12(3-10)18-13(16-11)17-6-8-4-15-5-9(8)7-17/h1-4,9,15H,5-7H2. The quantitative estimate of drug-likeness (QED) is 0.869. The summed E-state index contributed by atoms with van der Waals surface area (Å²) in [7, 11) is 0. The van der Waals surface area contributed by atoms with E-state index in [0.717, 1.165) is 35.3 Å². The second-order valence-corrected chi connectivity index (χ2v) is 6.26. The van der Waals surface area contributed by atoms with E-state index in [2.05, 4.69) is 16.4 Å². The highest BCUT2D eigenvalue weighted by molar-refractivity contribution is 7.22. The molecule has 1 fully saturated rings. The van der Waals surface area contributed by atoms with Crippen LogP contribution in [0.25, 0.3) is 10.2 Å². The molecule has 4 rings (SSSR count). The zero-order valence-corrected chi connectivity index (χ0v) is 11.3. The Balaban J connectivity index is 1.71. The van der Waals surface area contributed by atoms with Crippen LogP contribution in [-0.4, -0.2) is 24.6 Å². The number of halogens is 1. The Kier molecular flexibility index (Phi) is 2.29. The lowest BCUT2D eigenvalue weighted by molar-refractivity contribution is 0.678. The Morgan fingerprint density at radius 1 is 1.44 bits per heavy atom. The highest BCUT2D eigenvalue weighted by atomic mass is 35.5. The van der Waals surface area contributed by atoms with Gasteiger partial charge in [-0.3, -0.25) is 0 Å². The maximum Gasteiger partial charge on any atom is 0.186 e. The third-order valence-electron chi connectivity index (χ3n) is 3.60. The Hall–Kier alpha value is -1.26. The number of anilines is 1. The fourth-order valence-electron chi connectivity index (χ4n) is 2.66. The molecule has 1 aromatic carbocycles. The van der Waals surface area contributed by atoms with Crippen LogP contribution in [0, 0.1) is 5.92 Å². The number of benzene rings is 1. The van der Waals surface area contributed by atoms with Crippen LogP contribution in [-0.2, 0) is 0 Å². The fourth-order valence-corrected chi connectivity index (χ4v) is 3.91. The normalized spacial score (nSPS) is 22.2. The smallest absolute Gasteiger partial charge is 0.186 e. The van der Waals surface area contributed by atoms with E-state index in [-0.39, 0.29) is 0 Å². The minimum absolute atomic E-state index is 0.667. The van der Waals surface area contributed by atoms with Crippen LogP contribution >= 0.6 is 22.9 Å². The fraction of sp³-hybridized carbons (Fsp3) is 0.308. The summed E-state index contributed by atoms with van der Waals surface area (Å²) < 4.78 is 1.17. The zero-order valence-electron chi connectivity index (χ0n) is 9.69. The molecule has 5 heteroatoms. The minimum Gasteiger partial charge on any atom is -0.390 e. The van der Waals surface area contributed by atoms with E-state index in [1.807, 2.05) is 18.2 Å². The minimum atomic E-state index is 0.667. The van der Waals surface area contributed by atoms with Crippen molar-refractivity contribution in [1.29, 1.82) is 0 Å². The molecule has 92 valence electrons. The van der Waals surface area contributed by atoms with Gasteiger partial charge in [-0.2, -0.15) is 0 Å². The van der Waals surface area contributed by atoms with Gasteiger partial charge >= 0.3 is 0 Å². The average Bonchev–Trinajstić information content (AvgIpc) is 2.99. The van der Waals surface area contributed by atoms with Crippen LogP contribution in [0.4, 0.5) is 5.13 Å². The molecule has 0 bridgehead atoms. The molecule has 0 aliphatic carbocycles. The first-order valence-electron chi connectivity index (χ1n) is 6.03. The van der Waals surface area contributed by atoms with Crippen molar-refractivity contribution >= 4 is 38.3 Å². The predicted molar refractivity (Wildman–Crippen MR) is 76.4 cm³/mol. The maximum absolute atomic E-state index is 6.01. The van der Waals surface area contributed by atoms with Crippen molar-refractivity contribution in [3.63, 3.8) is 0 Å². The number of rotatable bonds is 1. The van der Waals surface area contributed by atoms with Gasteiger partial charge in [0.1, 0.15) is 0 Å². The van der Waals surface area contributed by atoms with E-state index >= 15 is 0 Å². The lowest BCUT2D eigenvalue weighted by Crippen LogP contribution is -2.22. The SMILES string of the molecule is Clc1ccc2nc(N3CC4=CNCC4C3)sc2c1. The third-order valence-corrected chi connectivity index (χ3v) is 4.91. The highest BCUT2D eigenvalue weighted by Crippen LogP contribution is 2.35. The van der Waals surface area contributed by atoms with E-state index in [0.29, 0.717) is 5.92 Å². The maximum atomic E-state index is 6.01. The Morgan fingerprint density at radius 2 is 2.39 bits per heavy atom. The molecule has 1 atom stereocenters. The van der Waals surface area contributed by atoms with Crippen LogP contribution in [0.1, 0.15) is 0 Å². The molecular formula is C13H12ClN3S. The molecule has 1 aromatic heterocycles. The molecule has 18 heavy (non-hydrogen) atoms. The van der Waals surface area contributed by atoms with E-state index in [1.54, 1.807) is 11.3 Å². The highest BCUT2D eigenvalue weighted by Gasteiger charge is 2.31. The summed E-state index contributed by atoms with van der Waals surface area (Å²) in [5.74, 6) is 0.667. The van der Waals surface area contributed by atoms with Gasteiger partial charge in [0, 0.05) is 30.6 Å². The number of fused-ring (bicyclic) bond motifs is 2. The molecule has 1 saturated heterocycles. The van der Waals surface area contributed by atoms with E-state index in [9.17, 15) is 0 Å². The van der Waals surface area contributed by atoms with Crippen molar-refractivity contribution in [3.8, 4) is 0 Å². The number of nitrogens with zero attached hydrogens (tertiary/aromatic N) is 2. The van der Waals surface area contributed by atoms with Crippen LogP contribution in [0.15, 0.2) is 30.0 Å². The van der Waals surface area contributed by atoms with E-state index in [1.165, 1.54) is 10.3 Å². The Labute approximate surface area is 114 Å². The molecule has 1 N–H and O–H groups in total. The van der Waals surface area contributed by atoms with Crippen molar-refractivity contribution in [1.82, 2.24) is 10.3 Å². The molecule has 1 unspecified atom stereocenters. The predicted octanol–water partition coefficient (Wildman–Crippen LogP) is 2.87. The first-order chi connectivity index (χ1) is 8.79. The molecular weight excluding hydrogens is 266 g/mol. The zero-order chi connectivity index (χ0) is 12.1. The monoisotopic (exact) mass is 277 g/mol. The summed E-state index contributed by atoms with van der Waals surface area (Å²) in [6.45, 7) is 3.15. The number of aromatic nitrogens is 1. The van der Waals surface area contributed by atoms with Gasteiger partial charge in [-0.25, -0.2) is 4.98 Å². The molecule has 0 spiro atoms. The van der Waals surface area contributed by atoms with Gasteiger partial charge in [0.25, 0.3) is 0 Å². The van der Waals surface area contributed by atoms with Gasteiger partial charge in [-0.05, 0) is 30.0 Å². The number of hydrogen-bond donors (Lipinski definition) is 1. The van der Waals surface area contributed by atoms with Crippen LogP contribution < -0.4 is 10.2 Å². The van der Waals surface area contributed by atoms with Crippen molar-refractivity contribution in [2.24, 2.45) is 5.92 Å². The first kappa shape index (κ1) is 10.6. The second kappa shape index (κ2) is 3.87. The molecule has 0 radical (unpaired) electrons. The van der Waals surface area contributed by atoms with Crippen molar-refractivity contribution in [2.45, 2.75) is 0 Å². The van der Waals surface area contributed by atoms with Gasteiger partial charge in [-0.15, -0.1) is 0 Å². The van der Waals surface area contributed by atoms with Crippen LogP contribution in [0.3, 0.4) is 0 Å². The molecule has 3 heterocycles. The number of thiazole rings is 1. The molecule has 2 aliphatic rings. The summed E-state index contributed by atoms with van der Waals surface area (Å²) in [5, 5.41) is 5.20. The second-order valence-electron chi connectivity index (χ2n) is 4.81. The average molecular weight is 278 g/mol. The van der Waals surface area contributed by atoms with Gasteiger partial charge in [0.05, 0.1) is 10.2 Å². The first-order valence-corrected chi connectivity index (χ1v) is 7.22. The molecule has 2 aromatic rings. The molecule has 3 nitrogen and oxygen atoms in total. The lowest BCUT2D eigenvalue weighted by atomic mass is 10.1. The molecule has 0 amide bonds. The van der Waals surface area contributed by atoms with Gasteiger partial charge < -0.3 is 10.2 Å². The van der Waals surface area contributed by atoms with Crippen molar-refractivity contribution < 1.29 is 0 Å². The largest absolute Gasteiger partial charge is 0.390 e. The summed E-state index contributed by atoms with van der Waals surface area (Å²) in [4.78, 5) is 7.07. The number of hydrogen-bond acceptors (Lipinski definition) is 4. The lowest BCUT2D eigenvalue weighted by Gasteiger charge is -2.14. The van der Waals surface area contributed by atoms with Gasteiger partial charge in [0.2, 0.25) is 0 Å². The van der Waals surface area contributed by atoms with Crippen molar-refractivity contribution in [3.05, 3.63) is 35.0 Å². The van der Waals surface area contributed by atoms with Gasteiger partial charge in [0.15, 0.2) is 5.13 Å². The van der Waals surface area contributed by atoms with Gasteiger partial charge in [-0.1, -0.05) is 22.9 Å². The van der Waals surface area contributed by atoms with E-state index < -0.39 is 0 Å². The summed E-state index contributed by atoms with van der Waals surface area (Å²) in [6, 6.07) is 5.89. The number of nitrogens with one attached hydrogen (secondary N) is 1. The van der Waals surface area contributed by atoms with Crippen LogP contribution in [0.5, 0.6) is 0 Å². The third kappa shape index (κ3) is 1.60. The molecule has 2 aliphatic heterocycles.